The van der Waals surface area contributed by atoms with Gasteiger partial charge in [0, 0.05) is 45.3 Å². The molecule has 6 heterocycles. The highest BCUT2D eigenvalue weighted by Crippen LogP contribution is 2.44. The molecular formula is C54H69F5N8O6Si. The molecule has 400 valence electrons. The highest BCUT2D eigenvalue weighted by molar-refractivity contribution is 6.74. The number of fused-ring (bicyclic) bond motifs is 2. The third-order valence-electron chi connectivity index (χ3n) is 14.7. The smallest absolute Gasteiger partial charge is 0.418 e. The van der Waals surface area contributed by atoms with Crippen LogP contribution in [0.4, 0.5) is 38.4 Å². The lowest BCUT2D eigenvalue weighted by atomic mass is 9.95. The molecule has 3 aliphatic rings. The fourth-order valence-electron chi connectivity index (χ4n) is 10.1. The van der Waals surface area contributed by atoms with Crippen LogP contribution in [0.1, 0.15) is 89.5 Å². The fraction of sp³-hybridized carbons (Fsp3) is 0.537. The summed E-state index contributed by atoms with van der Waals surface area (Å²) in [7, 11) is 0.676. The summed E-state index contributed by atoms with van der Waals surface area (Å²) in [4.78, 5) is 37.7. The number of carbonyl (C=O) groups excluding carboxylic acids is 1. The first-order valence-corrected chi connectivity index (χ1v) is 28.1. The Labute approximate surface area is 431 Å². The van der Waals surface area contributed by atoms with Crippen LogP contribution in [-0.2, 0) is 28.4 Å². The zero-order valence-electron chi connectivity index (χ0n) is 44.3. The summed E-state index contributed by atoms with van der Waals surface area (Å²) in [6.07, 6.45) is -3.70. The molecule has 1 amide bonds. The number of amides is 1. The van der Waals surface area contributed by atoms with Crippen LogP contribution < -0.4 is 29.3 Å². The lowest BCUT2D eigenvalue weighted by molar-refractivity contribution is -0.137. The van der Waals surface area contributed by atoms with Crippen molar-refractivity contribution in [2.24, 2.45) is 0 Å². The highest BCUT2D eigenvalue weighted by atomic mass is 28.4. The predicted octanol–water partition coefficient (Wildman–Crippen LogP) is 11.2. The lowest BCUT2D eigenvalue weighted by Gasteiger charge is -2.44. The number of benzene rings is 2. The van der Waals surface area contributed by atoms with Gasteiger partial charge in [-0.15, -0.1) is 0 Å². The maximum absolute atomic E-state index is 18.0. The van der Waals surface area contributed by atoms with E-state index in [-0.39, 0.29) is 84.9 Å². The summed E-state index contributed by atoms with van der Waals surface area (Å²) < 4.78 is 109. The van der Waals surface area contributed by atoms with Crippen LogP contribution in [0.2, 0.25) is 18.1 Å². The van der Waals surface area contributed by atoms with Crippen LogP contribution in [0, 0.1) is 12.7 Å². The topological polar surface area (TPSA) is 137 Å². The molecule has 2 aromatic carbocycles. The van der Waals surface area contributed by atoms with Gasteiger partial charge < -0.3 is 38.5 Å². The average molecular weight is 1050 g/mol. The summed E-state index contributed by atoms with van der Waals surface area (Å²) in [6.45, 7) is 19.0. The van der Waals surface area contributed by atoms with Gasteiger partial charge in [0.1, 0.15) is 58.4 Å². The molecule has 0 aliphatic carbocycles. The maximum atomic E-state index is 18.0. The molecule has 3 fully saturated rings. The molecule has 5 aromatic rings. The van der Waals surface area contributed by atoms with Gasteiger partial charge in [0.25, 0.3) is 0 Å². The van der Waals surface area contributed by atoms with Crippen LogP contribution in [0.15, 0.2) is 60.8 Å². The number of methoxy groups -OCH3 is 2. The minimum atomic E-state index is -4.99. The van der Waals surface area contributed by atoms with E-state index in [0.717, 1.165) is 17.5 Å². The second-order valence-corrected chi connectivity index (χ2v) is 27.2. The van der Waals surface area contributed by atoms with Gasteiger partial charge >= 0.3 is 18.3 Å². The maximum Gasteiger partial charge on any atom is 0.418 e. The van der Waals surface area contributed by atoms with Gasteiger partial charge in [0.15, 0.2) is 14.1 Å². The third-order valence-corrected chi connectivity index (χ3v) is 19.2. The number of alkyl carbamates (subject to hydrolysis) is 1. The Balaban J connectivity index is 1.27. The monoisotopic (exact) mass is 1050 g/mol. The molecular weight excluding hydrogens is 980 g/mol. The number of anilines is 2. The molecule has 0 spiro atoms. The van der Waals surface area contributed by atoms with E-state index in [4.69, 9.17) is 28.4 Å². The summed E-state index contributed by atoms with van der Waals surface area (Å²) in [6, 6.07) is 15.1. The van der Waals surface area contributed by atoms with Gasteiger partial charge in [0.2, 0.25) is 0 Å². The summed E-state index contributed by atoms with van der Waals surface area (Å²) in [5.41, 5.74) is -2.94. The van der Waals surface area contributed by atoms with Crippen LogP contribution in [0.25, 0.3) is 22.3 Å². The first-order valence-electron chi connectivity index (χ1n) is 25.2. The van der Waals surface area contributed by atoms with E-state index in [2.05, 4.69) is 59.0 Å². The molecule has 14 nitrogen and oxygen atoms in total. The van der Waals surface area contributed by atoms with E-state index in [1.54, 1.807) is 59.3 Å². The largest absolute Gasteiger partial charge is 0.497 e. The Morgan fingerprint density at radius 1 is 0.892 bits per heavy atom. The number of hydrogen-bond acceptors (Lipinski definition) is 13. The third kappa shape index (κ3) is 12.1. The Morgan fingerprint density at radius 3 is 2.11 bits per heavy atom. The van der Waals surface area contributed by atoms with Crippen molar-refractivity contribution < 1.29 is 50.1 Å². The van der Waals surface area contributed by atoms with Crippen molar-refractivity contribution >= 4 is 36.9 Å². The molecule has 3 saturated heterocycles. The molecule has 3 aliphatic heterocycles. The van der Waals surface area contributed by atoms with E-state index in [1.165, 1.54) is 19.2 Å². The number of pyridine rings is 2. The SMILES string of the molecule is COc1ccc(CN(Cc2ccc(OC)cc2)c2cc(C)c(C(F)(F)F)c(-c3ncc4c(N5CC(O[Si](C)(C)C(C)(C)C)C[C@H](NC(=O)OC(C)(C)C)C5)nc(OC[C@@]56CCCN5C[C@H](F)C6)nc4c3F)n2)cc1. The molecule has 1 unspecified atom stereocenters. The number of rotatable bonds is 15. The number of aryl methyl sites for hydroxylation is 1. The predicted molar refractivity (Wildman–Crippen MR) is 277 cm³/mol. The molecule has 0 radical (unpaired) electrons. The number of nitrogens with one attached hydrogen (secondary N) is 1. The number of alkyl halides is 4. The van der Waals surface area contributed by atoms with Gasteiger partial charge in [0.05, 0.1) is 42.9 Å². The standard InChI is InChI=1S/C54H69F5N8O6Si/c1-33-23-42(65(27-34-13-17-38(69-8)18-14-34)28-35-15-19-39(70-9)20-16-35)62-46(43(33)54(57,58)59)47-44(56)45-41(26-60-47)48(64-49(63-45)71-32-53-21-12-22-67(53)29-36(55)25-53)66-30-37(61-50(68)72-51(2,3)4)24-40(31-66)73-74(10,11)52(5,6)7/h13-20,23,26,36-37,40H,12,21-22,24-25,27-32H2,1-11H3,(H,61,68)/t36-,37+,40?,53+/m1/s1. The van der Waals surface area contributed by atoms with Crippen molar-refractivity contribution in [3.05, 3.63) is 88.9 Å². The molecule has 0 bridgehead atoms. The fourth-order valence-corrected chi connectivity index (χ4v) is 11.4. The molecule has 8 rings (SSSR count). The van der Waals surface area contributed by atoms with E-state index in [9.17, 15) is 9.18 Å². The van der Waals surface area contributed by atoms with Crippen LogP contribution >= 0.6 is 0 Å². The van der Waals surface area contributed by atoms with Crippen LogP contribution in [0.3, 0.4) is 0 Å². The number of ether oxygens (including phenoxy) is 4. The lowest BCUT2D eigenvalue weighted by Crippen LogP contribution is -2.57. The highest BCUT2D eigenvalue weighted by Gasteiger charge is 2.50. The van der Waals surface area contributed by atoms with E-state index in [0.29, 0.717) is 30.9 Å². The van der Waals surface area contributed by atoms with Crippen LogP contribution in [-0.4, -0.2) is 116 Å². The summed E-state index contributed by atoms with van der Waals surface area (Å²) in [5, 5.41) is 2.90. The number of hydrogen-bond donors (Lipinski definition) is 1. The zero-order chi connectivity index (χ0) is 53.5. The molecule has 20 heteroatoms. The van der Waals surface area contributed by atoms with Crippen LogP contribution in [0.5, 0.6) is 17.5 Å². The molecule has 74 heavy (non-hydrogen) atoms. The zero-order valence-corrected chi connectivity index (χ0v) is 45.3. The average Bonchev–Trinajstić information content (AvgIpc) is 3.84. The van der Waals surface area contributed by atoms with Crippen molar-refractivity contribution in [2.45, 2.75) is 141 Å². The van der Waals surface area contributed by atoms with E-state index < -0.39 is 72.8 Å². The van der Waals surface area contributed by atoms with Crippen molar-refractivity contribution in [1.82, 2.24) is 30.2 Å². The minimum absolute atomic E-state index is 0.00287. The van der Waals surface area contributed by atoms with Crippen molar-refractivity contribution in [2.75, 3.05) is 56.8 Å². The number of nitrogens with zero attached hydrogens (tertiary/aromatic N) is 7. The number of aromatic nitrogens is 4. The minimum Gasteiger partial charge on any atom is -0.497 e. The van der Waals surface area contributed by atoms with Gasteiger partial charge in [-0.3, -0.25) is 9.88 Å². The van der Waals surface area contributed by atoms with Crippen molar-refractivity contribution in [3.8, 4) is 28.9 Å². The first-order chi connectivity index (χ1) is 34.7. The Hall–Kier alpha value is -5.86. The van der Waals surface area contributed by atoms with Crippen molar-refractivity contribution in [3.63, 3.8) is 0 Å². The number of halogens is 5. The molecule has 3 aromatic heterocycles. The molecule has 0 saturated carbocycles. The second kappa shape index (κ2) is 21.0. The van der Waals surface area contributed by atoms with E-state index >= 15 is 17.6 Å². The van der Waals surface area contributed by atoms with Gasteiger partial charge in [-0.2, -0.15) is 23.1 Å². The molecule has 4 atom stereocenters. The summed E-state index contributed by atoms with van der Waals surface area (Å²) in [5.74, 6) is 0.380. The normalized spacial score (nSPS) is 20.6. The Bertz CT molecular complexity index is 2760. The Morgan fingerprint density at radius 2 is 1.53 bits per heavy atom. The second-order valence-electron chi connectivity index (χ2n) is 22.4. The van der Waals surface area contributed by atoms with Gasteiger partial charge in [-0.1, -0.05) is 45.0 Å². The van der Waals surface area contributed by atoms with E-state index in [1.807, 2.05) is 34.1 Å². The van der Waals surface area contributed by atoms with Gasteiger partial charge in [-0.25, -0.2) is 18.6 Å². The first kappa shape index (κ1) is 54.4. The van der Waals surface area contributed by atoms with Gasteiger partial charge in [-0.05, 0) is 119 Å². The summed E-state index contributed by atoms with van der Waals surface area (Å²) >= 11 is 0. The molecule has 1 N–H and O–H groups in total. The number of piperidine rings is 1. The Kier molecular flexibility index (Phi) is 15.5. The number of carbonyl (C=O) groups is 1. The quantitative estimate of drug-likeness (QED) is 0.0787. The van der Waals surface area contributed by atoms with Crippen molar-refractivity contribution in [1.29, 1.82) is 0 Å².